The largest absolute Gasteiger partial charge is 0.324 e. The minimum absolute atomic E-state index is 0.153. The lowest BCUT2D eigenvalue weighted by Gasteiger charge is -2.29. The van der Waals surface area contributed by atoms with Gasteiger partial charge in [0.1, 0.15) is 5.39 Å². The lowest BCUT2D eigenvalue weighted by molar-refractivity contribution is 0.255. The number of hydrogen-bond acceptors (Lipinski definition) is 6. The van der Waals surface area contributed by atoms with E-state index in [1.807, 2.05) is 6.07 Å². The zero-order valence-corrected chi connectivity index (χ0v) is 21.5. The van der Waals surface area contributed by atoms with Crippen LogP contribution in [0.15, 0.2) is 60.0 Å². The first-order valence-electron chi connectivity index (χ1n) is 13.2. The maximum Gasteiger partial charge on any atom is 0.278 e. The van der Waals surface area contributed by atoms with Crippen LogP contribution in [0.5, 0.6) is 0 Å². The van der Waals surface area contributed by atoms with E-state index in [1.165, 1.54) is 24.0 Å². The van der Waals surface area contributed by atoms with Crippen molar-refractivity contribution in [2.75, 3.05) is 25.5 Å². The highest BCUT2D eigenvalue weighted by molar-refractivity contribution is 5.77. The lowest BCUT2D eigenvalue weighted by Crippen LogP contribution is -2.29. The Balaban J connectivity index is 1.34. The summed E-state index contributed by atoms with van der Waals surface area (Å²) >= 11 is 0. The molecule has 1 saturated heterocycles. The standard InChI is InChI=1S/C29H33N7O/c1-4-15-35-28(37)24-18-30-29(31-23-10-7-20(8-11-23)21-13-16-34(3)17-14-21)33-27(24)36(35)25-12-9-22-6-5-19(2)26(22)32-25/h4,7-12,18-19,21H,1,5-6,13-17H2,2-3H3,(H,30,31,33). The summed E-state index contributed by atoms with van der Waals surface area (Å²) in [7, 11) is 2.19. The fourth-order valence-electron chi connectivity index (χ4n) is 5.68. The summed E-state index contributed by atoms with van der Waals surface area (Å²) in [5.74, 6) is 2.15. The van der Waals surface area contributed by atoms with E-state index in [0.29, 0.717) is 41.2 Å². The molecule has 1 N–H and O–H groups in total. The molecule has 1 atom stereocenters. The molecule has 2 aliphatic rings. The van der Waals surface area contributed by atoms with Gasteiger partial charge in [0.25, 0.3) is 5.56 Å². The summed E-state index contributed by atoms with van der Waals surface area (Å²) in [5, 5.41) is 3.78. The highest BCUT2D eigenvalue weighted by Gasteiger charge is 2.23. The van der Waals surface area contributed by atoms with E-state index in [1.54, 1.807) is 21.6 Å². The summed E-state index contributed by atoms with van der Waals surface area (Å²) in [6.07, 6.45) is 7.85. The third-order valence-electron chi connectivity index (χ3n) is 7.86. The van der Waals surface area contributed by atoms with Gasteiger partial charge in [-0.1, -0.05) is 31.2 Å². The number of piperidine rings is 1. The topological polar surface area (TPSA) is 80.9 Å². The molecule has 1 aromatic carbocycles. The van der Waals surface area contributed by atoms with Crippen LogP contribution >= 0.6 is 0 Å². The van der Waals surface area contributed by atoms with Crippen LogP contribution in [-0.2, 0) is 13.0 Å². The number of fused-ring (bicyclic) bond motifs is 2. The molecule has 0 spiro atoms. The van der Waals surface area contributed by atoms with Gasteiger partial charge >= 0.3 is 0 Å². The van der Waals surface area contributed by atoms with Gasteiger partial charge in [0, 0.05) is 17.6 Å². The van der Waals surface area contributed by atoms with E-state index in [0.717, 1.165) is 37.3 Å². The number of benzene rings is 1. The third-order valence-corrected chi connectivity index (χ3v) is 7.86. The number of nitrogens with one attached hydrogen (secondary N) is 1. The maximum absolute atomic E-state index is 13.3. The molecule has 1 aliphatic heterocycles. The van der Waals surface area contributed by atoms with E-state index in [2.05, 4.69) is 66.1 Å². The van der Waals surface area contributed by atoms with Crippen LogP contribution in [0.4, 0.5) is 11.6 Å². The highest BCUT2D eigenvalue weighted by atomic mass is 16.1. The van der Waals surface area contributed by atoms with Gasteiger partial charge in [0.05, 0.1) is 6.54 Å². The number of pyridine rings is 1. The fraction of sp³-hybridized carbons (Fsp3) is 0.379. The second-order valence-corrected chi connectivity index (χ2v) is 10.4. The molecule has 0 amide bonds. The van der Waals surface area contributed by atoms with Gasteiger partial charge in [0.15, 0.2) is 11.5 Å². The van der Waals surface area contributed by atoms with Crippen LogP contribution in [0.2, 0.25) is 0 Å². The van der Waals surface area contributed by atoms with Gasteiger partial charge in [-0.05, 0) is 87.0 Å². The van der Waals surface area contributed by atoms with Crippen molar-refractivity contribution in [3.05, 3.63) is 82.4 Å². The highest BCUT2D eigenvalue weighted by Crippen LogP contribution is 2.32. The molecule has 8 nitrogen and oxygen atoms in total. The van der Waals surface area contributed by atoms with Crippen molar-refractivity contribution >= 4 is 22.7 Å². The number of anilines is 2. The first-order valence-corrected chi connectivity index (χ1v) is 13.2. The maximum atomic E-state index is 13.3. The average Bonchev–Trinajstić information content (AvgIpc) is 3.41. The van der Waals surface area contributed by atoms with Crippen molar-refractivity contribution in [3.8, 4) is 5.82 Å². The second-order valence-electron chi connectivity index (χ2n) is 10.4. The minimum Gasteiger partial charge on any atom is -0.324 e. The molecule has 3 aromatic heterocycles. The summed E-state index contributed by atoms with van der Waals surface area (Å²) in [5.41, 5.74) is 5.06. The fourth-order valence-corrected chi connectivity index (χ4v) is 5.68. The van der Waals surface area contributed by atoms with Crippen LogP contribution in [0, 0.1) is 0 Å². The van der Waals surface area contributed by atoms with Crippen LogP contribution in [0.1, 0.15) is 54.8 Å². The lowest BCUT2D eigenvalue weighted by atomic mass is 9.89. The predicted octanol–water partition coefficient (Wildman–Crippen LogP) is 4.77. The van der Waals surface area contributed by atoms with Gasteiger partial charge in [-0.3, -0.25) is 4.79 Å². The Morgan fingerprint density at radius 1 is 1.08 bits per heavy atom. The SMILES string of the molecule is C=CCn1c(=O)c2cnc(Nc3ccc(C4CCN(C)CC4)cc3)nc2n1-c1ccc2c(n1)C(C)CC2. The Morgan fingerprint density at radius 2 is 1.86 bits per heavy atom. The summed E-state index contributed by atoms with van der Waals surface area (Å²) in [6.45, 7) is 8.69. The molecule has 8 heteroatoms. The zero-order valence-electron chi connectivity index (χ0n) is 21.5. The van der Waals surface area contributed by atoms with Gasteiger partial charge in [-0.2, -0.15) is 4.98 Å². The Morgan fingerprint density at radius 3 is 2.62 bits per heavy atom. The summed E-state index contributed by atoms with van der Waals surface area (Å²) in [6, 6.07) is 12.7. The normalized spacial score (nSPS) is 18.3. The Hall–Kier alpha value is -3.78. The van der Waals surface area contributed by atoms with Crippen molar-refractivity contribution in [1.82, 2.24) is 29.2 Å². The first kappa shape index (κ1) is 23.6. The second kappa shape index (κ2) is 9.59. The van der Waals surface area contributed by atoms with Crippen molar-refractivity contribution in [1.29, 1.82) is 0 Å². The van der Waals surface area contributed by atoms with Crippen molar-refractivity contribution in [2.45, 2.75) is 51.0 Å². The van der Waals surface area contributed by atoms with Crippen molar-refractivity contribution in [3.63, 3.8) is 0 Å². The van der Waals surface area contributed by atoms with Crippen LogP contribution in [0.3, 0.4) is 0 Å². The van der Waals surface area contributed by atoms with Gasteiger partial charge in [-0.25, -0.2) is 19.3 Å². The third kappa shape index (κ3) is 4.35. The molecule has 4 aromatic rings. The molecular weight excluding hydrogens is 462 g/mol. The molecule has 190 valence electrons. The molecule has 4 heterocycles. The number of likely N-dealkylation sites (tertiary alicyclic amines) is 1. The number of allylic oxidation sites excluding steroid dienone is 1. The van der Waals surface area contributed by atoms with Crippen LogP contribution in [0.25, 0.3) is 16.9 Å². The molecule has 0 bridgehead atoms. The molecule has 1 fully saturated rings. The van der Waals surface area contributed by atoms with Gasteiger partial charge in [-0.15, -0.1) is 6.58 Å². The average molecular weight is 496 g/mol. The molecule has 37 heavy (non-hydrogen) atoms. The number of hydrogen-bond donors (Lipinski definition) is 1. The summed E-state index contributed by atoms with van der Waals surface area (Å²) < 4.78 is 3.43. The van der Waals surface area contributed by atoms with Gasteiger partial charge < -0.3 is 10.2 Å². The van der Waals surface area contributed by atoms with E-state index >= 15 is 0 Å². The van der Waals surface area contributed by atoms with Crippen LogP contribution in [-0.4, -0.2) is 49.4 Å². The quantitative estimate of drug-likeness (QED) is 0.388. The number of aromatic nitrogens is 5. The summed E-state index contributed by atoms with van der Waals surface area (Å²) in [4.78, 5) is 29.9. The van der Waals surface area contributed by atoms with E-state index in [-0.39, 0.29) is 5.56 Å². The minimum atomic E-state index is -0.153. The van der Waals surface area contributed by atoms with Crippen molar-refractivity contribution in [2.24, 2.45) is 0 Å². The predicted molar refractivity (Wildman–Crippen MR) is 147 cm³/mol. The number of nitrogens with zero attached hydrogens (tertiary/aromatic N) is 6. The molecular formula is C29H33N7O. The van der Waals surface area contributed by atoms with Gasteiger partial charge in [0.2, 0.25) is 5.95 Å². The molecule has 0 saturated carbocycles. The van der Waals surface area contributed by atoms with E-state index < -0.39 is 0 Å². The molecule has 6 rings (SSSR count). The van der Waals surface area contributed by atoms with Crippen LogP contribution < -0.4 is 10.9 Å². The smallest absolute Gasteiger partial charge is 0.278 e. The van der Waals surface area contributed by atoms with E-state index in [9.17, 15) is 4.79 Å². The Labute approximate surface area is 216 Å². The molecule has 1 unspecified atom stereocenters. The van der Waals surface area contributed by atoms with E-state index in [4.69, 9.17) is 9.97 Å². The number of rotatable bonds is 6. The molecule has 1 aliphatic carbocycles. The number of aryl methyl sites for hydroxylation is 1. The first-order chi connectivity index (χ1) is 18.0. The van der Waals surface area contributed by atoms with Crippen molar-refractivity contribution < 1.29 is 0 Å². The molecule has 0 radical (unpaired) electrons. The zero-order chi connectivity index (χ0) is 25.5. The Bertz CT molecular complexity index is 1510. The monoisotopic (exact) mass is 495 g/mol. The Kier molecular flexibility index (Phi) is 6.12.